The molecule has 0 amide bonds. The van der Waals surface area contributed by atoms with Crippen molar-refractivity contribution in [3.05, 3.63) is 12.3 Å². The fourth-order valence-electron chi connectivity index (χ4n) is 0.838. The average molecular weight is 202 g/mol. The molecule has 0 aliphatic carbocycles. The van der Waals surface area contributed by atoms with Crippen LogP contribution in [0.3, 0.4) is 0 Å². The van der Waals surface area contributed by atoms with E-state index in [1.54, 1.807) is 12.3 Å². The van der Waals surface area contributed by atoms with Crippen molar-refractivity contribution in [1.29, 1.82) is 0 Å². The summed E-state index contributed by atoms with van der Waals surface area (Å²) < 4.78 is 14.4. The number of ether oxygens (including phenoxy) is 3. The molecule has 0 saturated carbocycles. The lowest BCUT2D eigenvalue weighted by Crippen LogP contribution is -2.15. The molecule has 0 aromatic rings. The van der Waals surface area contributed by atoms with Gasteiger partial charge in [0.15, 0.2) is 0 Å². The normalized spacial score (nSPS) is 25.1. The molecule has 2 atom stereocenters. The van der Waals surface area contributed by atoms with Gasteiger partial charge in [-0.25, -0.2) is 0 Å². The van der Waals surface area contributed by atoms with Crippen molar-refractivity contribution in [3.63, 3.8) is 0 Å². The largest absolute Gasteiger partial charge is 0.499 e. The van der Waals surface area contributed by atoms with Crippen LogP contribution >= 0.6 is 0 Å². The molecule has 82 valence electrons. The zero-order valence-electron chi connectivity index (χ0n) is 8.52. The number of allylic oxidation sites excluding steroid dienone is 1. The highest BCUT2D eigenvalue weighted by molar-refractivity contribution is 4.74. The predicted molar refractivity (Wildman–Crippen MR) is 51.9 cm³/mol. The number of epoxide rings is 2. The molecule has 0 bridgehead atoms. The SMILES string of the molecule is C1CO1.CC=COCC(O)CC1CO1. The Balaban J connectivity index is 0.000000276. The predicted octanol–water partition coefficient (Wildman–Crippen LogP) is 0.703. The number of aliphatic hydroxyl groups excluding tert-OH is 1. The van der Waals surface area contributed by atoms with Crippen molar-refractivity contribution < 1.29 is 19.3 Å². The van der Waals surface area contributed by atoms with Crippen LogP contribution in [0, 0.1) is 0 Å². The van der Waals surface area contributed by atoms with E-state index in [2.05, 4.69) is 4.74 Å². The number of rotatable bonds is 5. The van der Waals surface area contributed by atoms with Crippen LogP contribution in [0.4, 0.5) is 0 Å². The summed E-state index contributed by atoms with van der Waals surface area (Å²) in [6, 6.07) is 0. The lowest BCUT2D eigenvalue weighted by atomic mass is 10.2. The highest BCUT2D eigenvalue weighted by Crippen LogP contribution is 2.15. The summed E-state index contributed by atoms with van der Waals surface area (Å²) in [5.41, 5.74) is 0. The minimum atomic E-state index is -0.390. The maximum atomic E-state index is 9.25. The Hall–Kier alpha value is -0.580. The van der Waals surface area contributed by atoms with Crippen LogP contribution in [-0.2, 0) is 14.2 Å². The van der Waals surface area contributed by atoms with Crippen LogP contribution < -0.4 is 0 Å². The molecule has 14 heavy (non-hydrogen) atoms. The first kappa shape index (κ1) is 11.5. The second-order valence-electron chi connectivity index (χ2n) is 3.26. The summed E-state index contributed by atoms with van der Waals surface area (Å²) in [6.45, 7) is 5.03. The molecule has 1 N–H and O–H groups in total. The smallest absolute Gasteiger partial charge is 0.113 e. The summed E-state index contributed by atoms with van der Waals surface area (Å²) in [7, 11) is 0. The minimum Gasteiger partial charge on any atom is -0.499 e. The van der Waals surface area contributed by atoms with Gasteiger partial charge in [0.1, 0.15) is 6.61 Å². The topological polar surface area (TPSA) is 54.5 Å². The summed E-state index contributed by atoms with van der Waals surface area (Å²) in [5, 5.41) is 9.25. The van der Waals surface area contributed by atoms with Crippen molar-refractivity contribution in [2.24, 2.45) is 0 Å². The van der Waals surface area contributed by atoms with Gasteiger partial charge in [-0.05, 0) is 6.92 Å². The minimum absolute atomic E-state index is 0.277. The van der Waals surface area contributed by atoms with E-state index in [4.69, 9.17) is 9.47 Å². The van der Waals surface area contributed by atoms with Gasteiger partial charge < -0.3 is 19.3 Å². The Morgan fingerprint density at radius 3 is 2.64 bits per heavy atom. The Kier molecular flexibility index (Phi) is 5.59. The van der Waals surface area contributed by atoms with E-state index in [0.29, 0.717) is 13.0 Å². The fourth-order valence-corrected chi connectivity index (χ4v) is 0.838. The molecule has 2 aliphatic heterocycles. The molecule has 2 saturated heterocycles. The maximum Gasteiger partial charge on any atom is 0.113 e. The Bertz CT molecular complexity index is 161. The molecule has 2 rings (SSSR count). The summed E-state index contributed by atoms with van der Waals surface area (Å²) >= 11 is 0. The van der Waals surface area contributed by atoms with Gasteiger partial charge in [-0.3, -0.25) is 0 Å². The molecule has 2 fully saturated rings. The van der Waals surface area contributed by atoms with Crippen LogP contribution in [0.25, 0.3) is 0 Å². The van der Waals surface area contributed by atoms with Gasteiger partial charge in [0.25, 0.3) is 0 Å². The van der Waals surface area contributed by atoms with Gasteiger partial charge in [0.2, 0.25) is 0 Å². The lowest BCUT2D eigenvalue weighted by Gasteiger charge is -2.06. The number of aliphatic hydroxyl groups is 1. The van der Waals surface area contributed by atoms with Gasteiger partial charge in [0.05, 0.1) is 38.3 Å². The summed E-state index contributed by atoms with van der Waals surface area (Å²) in [6.07, 6.45) is 3.95. The zero-order chi connectivity index (χ0) is 10.2. The van der Waals surface area contributed by atoms with Crippen molar-refractivity contribution in [1.82, 2.24) is 0 Å². The monoisotopic (exact) mass is 202 g/mol. The van der Waals surface area contributed by atoms with Gasteiger partial charge in [-0.15, -0.1) is 0 Å². The molecule has 0 radical (unpaired) electrons. The van der Waals surface area contributed by atoms with Crippen molar-refractivity contribution in [2.75, 3.05) is 26.4 Å². The second kappa shape index (κ2) is 6.81. The van der Waals surface area contributed by atoms with Crippen LogP contribution in [0.1, 0.15) is 13.3 Å². The molecule has 0 spiro atoms. The van der Waals surface area contributed by atoms with Gasteiger partial charge in [0, 0.05) is 6.42 Å². The standard InChI is InChI=1S/C8H14O3.C2H4O/c1-2-3-10-5-7(9)4-8-6-11-8;1-2-3-1/h2-3,7-9H,4-6H2,1H3;1-2H2. The van der Waals surface area contributed by atoms with E-state index in [0.717, 1.165) is 19.8 Å². The van der Waals surface area contributed by atoms with E-state index in [1.807, 2.05) is 6.92 Å². The van der Waals surface area contributed by atoms with Crippen molar-refractivity contribution >= 4 is 0 Å². The van der Waals surface area contributed by atoms with E-state index >= 15 is 0 Å². The van der Waals surface area contributed by atoms with E-state index in [-0.39, 0.29) is 6.10 Å². The van der Waals surface area contributed by atoms with Crippen molar-refractivity contribution in [2.45, 2.75) is 25.6 Å². The number of hydrogen-bond donors (Lipinski definition) is 1. The molecule has 0 aromatic carbocycles. The Morgan fingerprint density at radius 2 is 2.21 bits per heavy atom. The molecular formula is C10H18O4. The first-order chi connectivity index (χ1) is 6.83. The third-order valence-electron chi connectivity index (χ3n) is 1.66. The lowest BCUT2D eigenvalue weighted by molar-refractivity contribution is 0.0717. The van der Waals surface area contributed by atoms with E-state index in [9.17, 15) is 5.11 Å². The molecule has 2 heterocycles. The molecular weight excluding hydrogens is 184 g/mol. The quantitative estimate of drug-likeness (QED) is 0.527. The Labute approximate surface area is 84.5 Å². The van der Waals surface area contributed by atoms with Crippen LogP contribution in [-0.4, -0.2) is 43.7 Å². The van der Waals surface area contributed by atoms with Gasteiger partial charge in [-0.2, -0.15) is 0 Å². The average Bonchev–Trinajstić information content (AvgIpc) is 3.01. The Morgan fingerprint density at radius 1 is 1.57 bits per heavy atom. The highest BCUT2D eigenvalue weighted by atomic mass is 16.6. The second-order valence-corrected chi connectivity index (χ2v) is 3.26. The maximum absolute atomic E-state index is 9.25. The van der Waals surface area contributed by atoms with Crippen molar-refractivity contribution in [3.8, 4) is 0 Å². The first-order valence-corrected chi connectivity index (χ1v) is 4.93. The fraction of sp³-hybridized carbons (Fsp3) is 0.800. The molecule has 4 heteroatoms. The summed E-state index contributed by atoms with van der Waals surface area (Å²) in [4.78, 5) is 0. The third-order valence-corrected chi connectivity index (χ3v) is 1.66. The molecule has 2 unspecified atom stereocenters. The van der Waals surface area contributed by atoms with Gasteiger partial charge in [-0.1, -0.05) is 6.08 Å². The molecule has 4 nitrogen and oxygen atoms in total. The molecule has 2 aliphatic rings. The first-order valence-electron chi connectivity index (χ1n) is 4.93. The van der Waals surface area contributed by atoms with E-state index in [1.165, 1.54) is 0 Å². The van der Waals surface area contributed by atoms with Crippen LogP contribution in [0.15, 0.2) is 12.3 Å². The third kappa shape index (κ3) is 8.04. The zero-order valence-corrected chi connectivity index (χ0v) is 8.52. The summed E-state index contributed by atoms with van der Waals surface area (Å²) in [5.74, 6) is 0. The van der Waals surface area contributed by atoms with Crippen LogP contribution in [0.2, 0.25) is 0 Å². The van der Waals surface area contributed by atoms with Gasteiger partial charge >= 0.3 is 0 Å². The van der Waals surface area contributed by atoms with Crippen LogP contribution in [0.5, 0.6) is 0 Å². The van der Waals surface area contributed by atoms with E-state index < -0.39 is 6.10 Å². The number of hydrogen-bond acceptors (Lipinski definition) is 4. The highest BCUT2D eigenvalue weighted by Gasteiger charge is 2.25. The molecule has 0 aromatic heterocycles.